The first kappa shape index (κ1) is 14.6. The molecule has 1 aliphatic heterocycles. The minimum absolute atomic E-state index is 0.0227. The van der Waals surface area contributed by atoms with Gasteiger partial charge in [-0.2, -0.15) is 0 Å². The van der Waals surface area contributed by atoms with Gasteiger partial charge in [0.1, 0.15) is 5.75 Å². The van der Waals surface area contributed by atoms with E-state index in [1.165, 1.54) is 5.56 Å². The maximum atomic E-state index is 12.8. The lowest BCUT2D eigenvalue weighted by Crippen LogP contribution is -2.39. The number of rotatable bonds is 3. The quantitative estimate of drug-likeness (QED) is 0.865. The molecule has 22 heavy (non-hydrogen) atoms. The van der Waals surface area contributed by atoms with E-state index in [-0.39, 0.29) is 5.91 Å². The molecular formula is C19H21NO2. The average Bonchev–Trinajstić information content (AvgIpc) is 2.92. The van der Waals surface area contributed by atoms with Gasteiger partial charge in [0.2, 0.25) is 0 Å². The van der Waals surface area contributed by atoms with Gasteiger partial charge in [0.25, 0.3) is 5.91 Å². The molecule has 1 unspecified atom stereocenters. The zero-order valence-electron chi connectivity index (χ0n) is 13.3. The molecule has 1 amide bonds. The van der Waals surface area contributed by atoms with Crippen molar-refractivity contribution >= 4 is 11.6 Å². The van der Waals surface area contributed by atoms with Crippen LogP contribution in [0.2, 0.25) is 0 Å². The summed E-state index contributed by atoms with van der Waals surface area (Å²) in [6, 6.07) is 14.0. The van der Waals surface area contributed by atoms with E-state index in [4.69, 9.17) is 4.74 Å². The van der Waals surface area contributed by atoms with Gasteiger partial charge < -0.3 is 9.64 Å². The molecule has 0 aromatic heterocycles. The van der Waals surface area contributed by atoms with Crippen molar-refractivity contribution in [2.75, 3.05) is 11.4 Å². The monoisotopic (exact) mass is 295 g/mol. The summed E-state index contributed by atoms with van der Waals surface area (Å²) in [6.07, 6.45) is 0.423. The van der Waals surface area contributed by atoms with E-state index < -0.39 is 6.10 Å². The first-order chi connectivity index (χ1) is 10.6. The Hall–Kier alpha value is -2.29. The van der Waals surface area contributed by atoms with E-state index in [2.05, 4.69) is 25.1 Å². The molecule has 0 aliphatic carbocycles. The molecule has 3 heteroatoms. The molecule has 114 valence electrons. The Labute approximate surface area is 131 Å². The van der Waals surface area contributed by atoms with E-state index in [0.29, 0.717) is 0 Å². The van der Waals surface area contributed by atoms with Crippen molar-refractivity contribution in [1.29, 1.82) is 0 Å². The van der Waals surface area contributed by atoms with Gasteiger partial charge in [-0.05, 0) is 56.0 Å². The van der Waals surface area contributed by atoms with Crippen LogP contribution < -0.4 is 9.64 Å². The molecule has 2 aromatic rings. The highest BCUT2D eigenvalue weighted by Crippen LogP contribution is 2.32. The molecule has 1 aliphatic rings. The first-order valence-corrected chi connectivity index (χ1v) is 7.69. The fraction of sp³-hybridized carbons (Fsp3) is 0.316. The molecule has 0 spiro atoms. The molecular weight excluding hydrogens is 274 g/mol. The van der Waals surface area contributed by atoms with Crippen LogP contribution in [0.15, 0.2) is 42.5 Å². The second-order valence-corrected chi connectivity index (χ2v) is 5.90. The smallest absolute Gasteiger partial charge is 0.267 e. The number of ether oxygens (including phenoxy) is 1. The number of carbonyl (C=O) groups excluding carboxylic acids is 1. The van der Waals surface area contributed by atoms with Crippen LogP contribution >= 0.6 is 0 Å². The number of hydrogen-bond acceptors (Lipinski definition) is 2. The Kier molecular flexibility index (Phi) is 3.88. The van der Waals surface area contributed by atoms with Gasteiger partial charge in [0, 0.05) is 12.2 Å². The van der Waals surface area contributed by atoms with Gasteiger partial charge in [-0.3, -0.25) is 4.79 Å². The third kappa shape index (κ3) is 2.71. The summed E-state index contributed by atoms with van der Waals surface area (Å²) in [7, 11) is 0. The molecule has 0 fully saturated rings. The third-order valence-electron chi connectivity index (χ3n) is 4.11. The van der Waals surface area contributed by atoms with Crippen molar-refractivity contribution < 1.29 is 9.53 Å². The number of para-hydroxylation sites is 1. The second-order valence-electron chi connectivity index (χ2n) is 5.90. The van der Waals surface area contributed by atoms with E-state index >= 15 is 0 Å². The highest BCUT2D eigenvalue weighted by molar-refractivity contribution is 5.99. The highest BCUT2D eigenvalue weighted by atomic mass is 16.5. The van der Waals surface area contributed by atoms with Gasteiger partial charge in [-0.1, -0.05) is 30.3 Å². The van der Waals surface area contributed by atoms with E-state index in [0.717, 1.165) is 35.5 Å². The Bertz CT molecular complexity index is 708. The number of nitrogens with zero attached hydrogens (tertiary/aromatic N) is 1. The van der Waals surface area contributed by atoms with Crippen molar-refractivity contribution in [2.45, 2.75) is 33.3 Å². The van der Waals surface area contributed by atoms with Gasteiger partial charge in [0.05, 0.1) is 0 Å². The summed E-state index contributed by atoms with van der Waals surface area (Å²) in [5.74, 6) is 0.764. The molecule has 0 bridgehead atoms. The lowest BCUT2D eigenvalue weighted by atomic mass is 10.1. The molecule has 0 saturated heterocycles. The molecule has 1 atom stereocenters. The van der Waals surface area contributed by atoms with Crippen molar-refractivity contribution in [3.05, 3.63) is 59.2 Å². The minimum Gasteiger partial charge on any atom is -0.481 e. The fourth-order valence-corrected chi connectivity index (χ4v) is 3.03. The Morgan fingerprint density at radius 3 is 2.73 bits per heavy atom. The Morgan fingerprint density at radius 1 is 1.18 bits per heavy atom. The van der Waals surface area contributed by atoms with Gasteiger partial charge >= 0.3 is 0 Å². The molecule has 3 rings (SSSR count). The summed E-state index contributed by atoms with van der Waals surface area (Å²) in [6.45, 7) is 6.62. The number of fused-ring (bicyclic) bond motifs is 1. The first-order valence-electron chi connectivity index (χ1n) is 7.69. The molecule has 0 N–H and O–H groups in total. The highest BCUT2D eigenvalue weighted by Gasteiger charge is 2.30. The molecule has 3 nitrogen and oxygen atoms in total. The Balaban J connectivity index is 1.78. The maximum absolute atomic E-state index is 12.8. The van der Waals surface area contributed by atoms with Crippen LogP contribution in [0.1, 0.15) is 23.6 Å². The fourth-order valence-electron chi connectivity index (χ4n) is 3.03. The summed E-state index contributed by atoms with van der Waals surface area (Å²) in [4.78, 5) is 14.6. The number of aryl methyl sites for hydroxylation is 2. The second kappa shape index (κ2) is 5.84. The van der Waals surface area contributed by atoms with Crippen molar-refractivity contribution in [2.24, 2.45) is 0 Å². The van der Waals surface area contributed by atoms with E-state index in [1.807, 2.05) is 43.0 Å². The van der Waals surface area contributed by atoms with Crippen molar-refractivity contribution in [3.63, 3.8) is 0 Å². The van der Waals surface area contributed by atoms with E-state index in [9.17, 15) is 4.79 Å². The number of amides is 1. The lowest BCUT2D eigenvalue weighted by molar-refractivity contribution is -0.124. The average molecular weight is 295 g/mol. The lowest BCUT2D eigenvalue weighted by Gasteiger charge is -2.23. The van der Waals surface area contributed by atoms with Crippen LogP contribution in [0.25, 0.3) is 0 Å². The predicted molar refractivity (Wildman–Crippen MR) is 88.5 cm³/mol. The van der Waals surface area contributed by atoms with Gasteiger partial charge in [0.15, 0.2) is 6.10 Å². The third-order valence-corrected chi connectivity index (χ3v) is 4.11. The SMILES string of the molecule is Cc1cccc(OC(C)C(=O)N2CCc3cccc(C)c32)c1. The van der Waals surface area contributed by atoms with Gasteiger partial charge in [-0.15, -0.1) is 0 Å². The van der Waals surface area contributed by atoms with E-state index in [1.54, 1.807) is 0 Å². The van der Waals surface area contributed by atoms with Crippen LogP contribution in [0.5, 0.6) is 5.75 Å². The molecule has 2 aromatic carbocycles. The standard InChI is InChI=1S/C19H21NO2/c1-13-6-4-9-17(12-13)22-15(3)19(21)20-11-10-16-8-5-7-14(2)18(16)20/h4-9,12,15H,10-11H2,1-3H3. The topological polar surface area (TPSA) is 29.5 Å². The summed E-state index contributed by atoms with van der Waals surface area (Å²) < 4.78 is 5.83. The predicted octanol–water partition coefficient (Wildman–Crippen LogP) is 3.66. The largest absolute Gasteiger partial charge is 0.481 e. The molecule has 0 saturated carbocycles. The van der Waals surface area contributed by atoms with Crippen LogP contribution in [0.3, 0.4) is 0 Å². The number of anilines is 1. The number of benzene rings is 2. The number of hydrogen-bond donors (Lipinski definition) is 0. The summed E-state index contributed by atoms with van der Waals surface area (Å²) in [5.41, 5.74) is 4.58. The van der Waals surface area contributed by atoms with Crippen molar-refractivity contribution in [3.8, 4) is 5.75 Å². The zero-order valence-corrected chi connectivity index (χ0v) is 13.3. The summed E-state index contributed by atoms with van der Waals surface area (Å²) in [5, 5.41) is 0. The molecule has 0 radical (unpaired) electrons. The summed E-state index contributed by atoms with van der Waals surface area (Å²) >= 11 is 0. The maximum Gasteiger partial charge on any atom is 0.267 e. The van der Waals surface area contributed by atoms with Crippen molar-refractivity contribution in [1.82, 2.24) is 0 Å². The molecule has 1 heterocycles. The van der Waals surface area contributed by atoms with Crippen LogP contribution in [0.4, 0.5) is 5.69 Å². The zero-order chi connectivity index (χ0) is 15.7. The number of carbonyl (C=O) groups is 1. The normalized spacial score (nSPS) is 14.6. The van der Waals surface area contributed by atoms with Crippen LogP contribution in [-0.2, 0) is 11.2 Å². The Morgan fingerprint density at radius 2 is 1.95 bits per heavy atom. The van der Waals surface area contributed by atoms with Crippen LogP contribution in [-0.4, -0.2) is 18.6 Å². The minimum atomic E-state index is -0.493. The van der Waals surface area contributed by atoms with Crippen LogP contribution in [0, 0.1) is 13.8 Å². The van der Waals surface area contributed by atoms with Gasteiger partial charge in [-0.25, -0.2) is 0 Å².